The number of nitrogens with zero attached hydrogens (tertiary/aromatic N) is 2. The molecule has 7 nitrogen and oxygen atoms in total. The van der Waals surface area contributed by atoms with Crippen LogP contribution in [-0.4, -0.2) is 35.2 Å². The summed E-state index contributed by atoms with van der Waals surface area (Å²) in [6.07, 6.45) is 1.74. The number of hydrogen-bond donors (Lipinski definition) is 1. The normalized spacial score (nSPS) is 12.3. The quantitative estimate of drug-likeness (QED) is 0.648. The van der Waals surface area contributed by atoms with Crippen molar-refractivity contribution in [1.29, 1.82) is 0 Å². The predicted octanol–water partition coefficient (Wildman–Crippen LogP) is 1.70. The van der Waals surface area contributed by atoms with Crippen molar-refractivity contribution in [3.63, 3.8) is 0 Å². The smallest absolute Gasteiger partial charge is 0.270 e. The third kappa shape index (κ3) is 3.57. The molecule has 1 atom stereocenters. The molecule has 0 fully saturated rings. The molecule has 21 heavy (non-hydrogen) atoms. The summed E-state index contributed by atoms with van der Waals surface area (Å²) in [5.41, 5.74) is 0.827. The first-order valence-electron chi connectivity index (χ1n) is 6.53. The Bertz CT molecular complexity index is 665. The fraction of sp³-hybridized carbons (Fsp3) is 0.357. The molecule has 112 valence electrons. The van der Waals surface area contributed by atoms with E-state index in [9.17, 15) is 14.9 Å². The number of amides is 1. The molecule has 0 unspecified atom stereocenters. The molecule has 1 heterocycles. The van der Waals surface area contributed by atoms with Gasteiger partial charge in [-0.05, 0) is 19.1 Å². The van der Waals surface area contributed by atoms with Crippen molar-refractivity contribution in [2.45, 2.75) is 19.5 Å². The number of benzene rings is 1. The Morgan fingerprint density at radius 1 is 1.48 bits per heavy atom. The van der Waals surface area contributed by atoms with Gasteiger partial charge in [0.2, 0.25) is 5.91 Å². The van der Waals surface area contributed by atoms with Crippen LogP contribution in [0.15, 0.2) is 30.5 Å². The highest BCUT2D eigenvalue weighted by Gasteiger charge is 2.12. The molecule has 0 aliphatic rings. The minimum Gasteiger partial charge on any atom is -0.383 e. The summed E-state index contributed by atoms with van der Waals surface area (Å²) in [6.45, 7) is 2.47. The lowest BCUT2D eigenvalue weighted by Crippen LogP contribution is -2.37. The van der Waals surface area contributed by atoms with Crippen LogP contribution in [0.2, 0.25) is 0 Å². The number of nitro benzene ring substituents is 1. The molecule has 2 aromatic rings. The van der Waals surface area contributed by atoms with Gasteiger partial charge in [0.25, 0.3) is 5.69 Å². The number of fused-ring (bicyclic) bond motifs is 1. The lowest BCUT2D eigenvalue weighted by Gasteiger charge is -2.13. The lowest BCUT2D eigenvalue weighted by atomic mass is 10.2. The summed E-state index contributed by atoms with van der Waals surface area (Å²) in [4.78, 5) is 22.2. The fourth-order valence-electron chi connectivity index (χ4n) is 2.21. The zero-order valence-corrected chi connectivity index (χ0v) is 11.9. The molecule has 0 aliphatic heterocycles. The first-order chi connectivity index (χ1) is 10.0. The number of rotatable bonds is 6. The van der Waals surface area contributed by atoms with E-state index >= 15 is 0 Å². The van der Waals surface area contributed by atoms with E-state index in [1.807, 2.05) is 6.92 Å². The summed E-state index contributed by atoms with van der Waals surface area (Å²) >= 11 is 0. The van der Waals surface area contributed by atoms with E-state index in [2.05, 4.69) is 5.32 Å². The standard InChI is InChI=1S/C14H17N3O4/c1-10(9-21-2)15-14(18)8-16-6-5-11-7-12(17(19)20)3-4-13(11)16/h3-7,10H,8-9H2,1-2H3,(H,15,18)/t10-/m0/s1. The summed E-state index contributed by atoms with van der Waals surface area (Å²) in [6, 6.07) is 6.28. The highest BCUT2D eigenvalue weighted by molar-refractivity contribution is 5.85. The molecule has 0 bridgehead atoms. The van der Waals surface area contributed by atoms with Crippen LogP contribution < -0.4 is 5.32 Å². The van der Waals surface area contributed by atoms with E-state index in [0.717, 1.165) is 10.9 Å². The van der Waals surface area contributed by atoms with Gasteiger partial charge in [0.1, 0.15) is 6.54 Å². The van der Waals surface area contributed by atoms with Crippen LogP contribution in [0, 0.1) is 10.1 Å². The van der Waals surface area contributed by atoms with Crippen molar-refractivity contribution in [3.8, 4) is 0 Å². The Morgan fingerprint density at radius 2 is 2.24 bits per heavy atom. The highest BCUT2D eigenvalue weighted by Crippen LogP contribution is 2.21. The van der Waals surface area contributed by atoms with E-state index < -0.39 is 4.92 Å². The third-order valence-corrected chi connectivity index (χ3v) is 3.10. The second kappa shape index (κ2) is 6.36. The van der Waals surface area contributed by atoms with Crippen LogP contribution in [-0.2, 0) is 16.1 Å². The van der Waals surface area contributed by atoms with E-state index in [-0.39, 0.29) is 24.2 Å². The van der Waals surface area contributed by atoms with Gasteiger partial charge in [-0.2, -0.15) is 0 Å². The Balaban J connectivity index is 2.12. The maximum atomic E-state index is 11.9. The Kier molecular flexibility index (Phi) is 4.54. The summed E-state index contributed by atoms with van der Waals surface area (Å²) in [5.74, 6) is -0.129. The number of nitrogens with one attached hydrogen (secondary N) is 1. The Labute approximate surface area is 121 Å². The molecular formula is C14H17N3O4. The average molecular weight is 291 g/mol. The van der Waals surface area contributed by atoms with Gasteiger partial charge >= 0.3 is 0 Å². The molecule has 0 radical (unpaired) electrons. The van der Waals surface area contributed by atoms with E-state index in [0.29, 0.717) is 6.61 Å². The minimum atomic E-state index is -0.435. The first kappa shape index (κ1) is 15.0. The average Bonchev–Trinajstić information content (AvgIpc) is 2.81. The number of methoxy groups -OCH3 is 1. The predicted molar refractivity (Wildman–Crippen MR) is 78.1 cm³/mol. The van der Waals surface area contributed by atoms with Gasteiger partial charge in [-0.3, -0.25) is 14.9 Å². The van der Waals surface area contributed by atoms with E-state index in [4.69, 9.17) is 4.74 Å². The van der Waals surface area contributed by atoms with Crippen LogP contribution in [0.1, 0.15) is 6.92 Å². The minimum absolute atomic E-state index is 0.0402. The number of carbonyl (C=O) groups is 1. The number of nitro groups is 1. The second-order valence-electron chi connectivity index (χ2n) is 4.87. The van der Waals surface area contributed by atoms with Gasteiger partial charge < -0.3 is 14.6 Å². The number of hydrogen-bond acceptors (Lipinski definition) is 4. The van der Waals surface area contributed by atoms with E-state index in [1.54, 1.807) is 30.0 Å². The number of carbonyl (C=O) groups excluding carboxylic acids is 1. The highest BCUT2D eigenvalue weighted by atomic mass is 16.6. The van der Waals surface area contributed by atoms with Crippen molar-refractivity contribution in [1.82, 2.24) is 9.88 Å². The molecule has 7 heteroatoms. The Hall–Kier alpha value is -2.41. The third-order valence-electron chi connectivity index (χ3n) is 3.10. The van der Waals surface area contributed by atoms with Gasteiger partial charge in [0.05, 0.1) is 11.5 Å². The van der Waals surface area contributed by atoms with Crippen molar-refractivity contribution < 1.29 is 14.5 Å². The SMILES string of the molecule is COC[C@H](C)NC(=O)Cn1ccc2cc([N+](=O)[O-])ccc21. The van der Waals surface area contributed by atoms with Crippen molar-refractivity contribution in [2.75, 3.05) is 13.7 Å². The molecular weight excluding hydrogens is 274 g/mol. The second-order valence-corrected chi connectivity index (χ2v) is 4.87. The zero-order valence-electron chi connectivity index (χ0n) is 11.9. The fourth-order valence-corrected chi connectivity index (χ4v) is 2.21. The van der Waals surface area contributed by atoms with Gasteiger partial charge in [-0.1, -0.05) is 0 Å². The van der Waals surface area contributed by atoms with Crippen LogP contribution >= 0.6 is 0 Å². The molecule has 0 saturated heterocycles. The summed E-state index contributed by atoms with van der Waals surface area (Å²) in [7, 11) is 1.58. The topological polar surface area (TPSA) is 86.4 Å². The Morgan fingerprint density at radius 3 is 2.90 bits per heavy atom. The molecule has 0 saturated carbocycles. The van der Waals surface area contributed by atoms with Gasteiger partial charge in [0.15, 0.2) is 0 Å². The lowest BCUT2D eigenvalue weighted by molar-refractivity contribution is -0.384. The number of aromatic nitrogens is 1. The van der Waals surface area contributed by atoms with Gasteiger partial charge in [-0.15, -0.1) is 0 Å². The van der Waals surface area contributed by atoms with Crippen molar-refractivity contribution in [2.24, 2.45) is 0 Å². The largest absolute Gasteiger partial charge is 0.383 e. The zero-order chi connectivity index (χ0) is 15.4. The van der Waals surface area contributed by atoms with Crippen molar-refractivity contribution in [3.05, 3.63) is 40.6 Å². The van der Waals surface area contributed by atoms with Gasteiger partial charge in [0, 0.05) is 42.4 Å². The summed E-state index contributed by atoms with van der Waals surface area (Å²) in [5, 5.41) is 14.3. The monoisotopic (exact) mass is 291 g/mol. The maximum Gasteiger partial charge on any atom is 0.270 e. The first-order valence-corrected chi connectivity index (χ1v) is 6.53. The molecule has 1 aromatic carbocycles. The van der Waals surface area contributed by atoms with Crippen LogP contribution in [0.25, 0.3) is 10.9 Å². The van der Waals surface area contributed by atoms with Gasteiger partial charge in [-0.25, -0.2) is 0 Å². The van der Waals surface area contributed by atoms with Crippen LogP contribution in [0.4, 0.5) is 5.69 Å². The molecule has 1 amide bonds. The maximum absolute atomic E-state index is 11.9. The number of non-ortho nitro benzene ring substituents is 1. The molecule has 1 N–H and O–H groups in total. The number of ether oxygens (including phenoxy) is 1. The molecule has 1 aromatic heterocycles. The van der Waals surface area contributed by atoms with Crippen LogP contribution in [0.5, 0.6) is 0 Å². The molecule has 2 rings (SSSR count). The van der Waals surface area contributed by atoms with Crippen molar-refractivity contribution >= 4 is 22.5 Å². The molecule has 0 aliphatic carbocycles. The molecule has 0 spiro atoms. The van der Waals surface area contributed by atoms with E-state index in [1.165, 1.54) is 12.1 Å². The van der Waals surface area contributed by atoms with Crippen LogP contribution in [0.3, 0.4) is 0 Å². The summed E-state index contributed by atoms with van der Waals surface area (Å²) < 4.78 is 6.72.